The highest BCUT2D eigenvalue weighted by Crippen LogP contribution is 2.36. The number of rotatable bonds is 16. The molecule has 50 heavy (non-hydrogen) atoms. The van der Waals surface area contributed by atoms with Gasteiger partial charge in [0.05, 0.1) is 18.0 Å². The molecule has 0 amide bonds. The summed E-state index contributed by atoms with van der Waals surface area (Å²) in [5, 5.41) is 0. The second kappa shape index (κ2) is 15.7. The highest BCUT2D eigenvalue weighted by atomic mass is 19.3. The van der Waals surface area contributed by atoms with E-state index in [0.29, 0.717) is 36.8 Å². The Kier molecular flexibility index (Phi) is 10.9. The van der Waals surface area contributed by atoms with Gasteiger partial charge in [-0.05, 0) is 60.9 Å². The van der Waals surface area contributed by atoms with Crippen LogP contribution in [0, 0.1) is 0 Å². The summed E-state index contributed by atoms with van der Waals surface area (Å²) in [4.78, 5) is 7.42. The standard InChI is InChI=1S/C39H39F4N3O4/c1-3-5-19-46-33(36(30-14-10-15-31(22-30)47-4-2)44-37(46)29-12-7-6-8-13-29)25-45(24-28-17-18-34-35(21-28)49-26-48-34)23-27-11-9-16-32(20-27)50-39(42,43)38(40)41/h6-18,20-22,38H,3-5,19,23-26H2,1-2H3. The van der Waals surface area contributed by atoms with Crippen LogP contribution < -0.4 is 18.9 Å². The normalized spacial score (nSPS) is 12.6. The van der Waals surface area contributed by atoms with E-state index in [9.17, 15) is 17.6 Å². The van der Waals surface area contributed by atoms with Crippen molar-refractivity contribution in [2.24, 2.45) is 0 Å². The van der Waals surface area contributed by atoms with Crippen LogP contribution in [0.5, 0.6) is 23.0 Å². The van der Waals surface area contributed by atoms with Crippen molar-refractivity contribution in [2.45, 2.75) is 65.4 Å². The van der Waals surface area contributed by atoms with Crippen molar-refractivity contribution in [2.75, 3.05) is 13.4 Å². The van der Waals surface area contributed by atoms with Gasteiger partial charge in [0.1, 0.15) is 17.3 Å². The monoisotopic (exact) mass is 689 g/mol. The topological polar surface area (TPSA) is 58.0 Å². The number of hydrogen-bond donors (Lipinski definition) is 0. The van der Waals surface area contributed by atoms with E-state index < -0.39 is 12.5 Å². The van der Waals surface area contributed by atoms with E-state index in [-0.39, 0.29) is 19.1 Å². The molecule has 262 valence electrons. The number of unbranched alkanes of at least 4 members (excludes halogenated alkanes) is 1. The molecule has 0 N–H and O–H groups in total. The van der Waals surface area contributed by atoms with Crippen molar-refractivity contribution in [1.29, 1.82) is 0 Å². The van der Waals surface area contributed by atoms with Crippen molar-refractivity contribution in [3.8, 4) is 45.6 Å². The molecule has 5 aromatic rings. The van der Waals surface area contributed by atoms with Gasteiger partial charge in [-0.1, -0.05) is 74.0 Å². The summed E-state index contributed by atoms with van der Waals surface area (Å²) in [5.41, 5.74) is 5.18. The van der Waals surface area contributed by atoms with Crippen LogP contribution in [-0.2, 0) is 26.2 Å². The highest BCUT2D eigenvalue weighted by Gasteiger charge is 2.44. The highest BCUT2D eigenvalue weighted by molar-refractivity contribution is 5.69. The Hall–Kier alpha value is -5.03. The average Bonchev–Trinajstić information content (AvgIpc) is 3.72. The van der Waals surface area contributed by atoms with Crippen molar-refractivity contribution < 1.29 is 36.5 Å². The fraction of sp³-hybridized carbons (Fsp3) is 0.308. The minimum Gasteiger partial charge on any atom is -0.494 e. The summed E-state index contributed by atoms with van der Waals surface area (Å²) in [5.74, 6) is 2.52. The summed E-state index contributed by atoms with van der Waals surface area (Å²) in [6.45, 7) is 6.59. The van der Waals surface area contributed by atoms with Gasteiger partial charge in [-0.25, -0.2) is 4.98 Å². The summed E-state index contributed by atoms with van der Waals surface area (Å²) in [7, 11) is 0. The zero-order valence-corrected chi connectivity index (χ0v) is 28.0. The van der Waals surface area contributed by atoms with Gasteiger partial charge in [-0.15, -0.1) is 0 Å². The lowest BCUT2D eigenvalue weighted by molar-refractivity contribution is -0.253. The molecule has 1 aliphatic rings. The lowest BCUT2D eigenvalue weighted by Crippen LogP contribution is -2.33. The molecule has 0 bridgehead atoms. The number of imidazole rings is 1. The average molecular weight is 690 g/mol. The van der Waals surface area contributed by atoms with Crippen LogP contribution in [-0.4, -0.2) is 40.4 Å². The fourth-order valence-corrected chi connectivity index (χ4v) is 5.99. The van der Waals surface area contributed by atoms with E-state index in [1.165, 1.54) is 18.2 Å². The first kappa shape index (κ1) is 34.8. The molecule has 0 aliphatic carbocycles. The number of fused-ring (bicyclic) bond motifs is 1. The summed E-state index contributed by atoms with van der Waals surface area (Å²) < 4.78 is 77.4. The van der Waals surface area contributed by atoms with Gasteiger partial charge < -0.3 is 23.5 Å². The van der Waals surface area contributed by atoms with Crippen LogP contribution in [0.4, 0.5) is 17.6 Å². The maximum atomic E-state index is 13.9. The molecule has 1 aliphatic heterocycles. The minimum absolute atomic E-state index is 0.140. The summed E-state index contributed by atoms with van der Waals surface area (Å²) in [6, 6.07) is 29.5. The third-order valence-electron chi connectivity index (χ3n) is 8.29. The van der Waals surface area contributed by atoms with Crippen LogP contribution in [0.3, 0.4) is 0 Å². The lowest BCUT2D eigenvalue weighted by Gasteiger charge is -2.25. The van der Waals surface area contributed by atoms with Crippen molar-refractivity contribution >= 4 is 0 Å². The van der Waals surface area contributed by atoms with Crippen LogP contribution in [0.25, 0.3) is 22.6 Å². The summed E-state index contributed by atoms with van der Waals surface area (Å²) >= 11 is 0. The molecule has 0 radical (unpaired) electrons. The molecule has 4 aromatic carbocycles. The first-order valence-electron chi connectivity index (χ1n) is 16.7. The van der Waals surface area contributed by atoms with Crippen LogP contribution in [0.15, 0.2) is 97.1 Å². The molecule has 0 fully saturated rings. The minimum atomic E-state index is -4.62. The lowest BCUT2D eigenvalue weighted by atomic mass is 10.1. The first-order chi connectivity index (χ1) is 24.2. The van der Waals surface area contributed by atoms with Crippen molar-refractivity contribution in [3.63, 3.8) is 0 Å². The van der Waals surface area contributed by atoms with Crippen LogP contribution in [0.1, 0.15) is 43.5 Å². The van der Waals surface area contributed by atoms with Gasteiger partial charge in [0.15, 0.2) is 11.5 Å². The van der Waals surface area contributed by atoms with E-state index >= 15 is 0 Å². The molecule has 11 heteroatoms. The van der Waals surface area contributed by atoms with Crippen LogP contribution >= 0.6 is 0 Å². The van der Waals surface area contributed by atoms with E-state index in [1.54, 1.807) is 6.07 Å². The number of aromatic nitrogens is 2. The van der Waals surface area contributed by atoms with Gasteiger partial charge in [-0.3, -0.25) is 4.90 Å². The molecule has 0 atom stereocenters. The van der Waals surface area contributed by atoms with Crippen molar-refractivity contribution in [1.82, 2.24) is 14.5 Å². The molecule has 6 rings (SSSR count). The zero-order chi connectivity index (χ0) is 35.1. The van der Waals surface area contributed by atoms with E-state index in [1.807, 2.05) is 79.7 Å². The maximum absolute atomic E-state index is 13.9. The molecule has 7 nitrogen and oxygen atoms in total. The number of ether oxygens (including phenoxy) is 4. The third-order valence-corrected chi connectivity index (χ3v) is 8.29. The molecule has 1 aromatic heterocycles. The quantitative estimate of drug-likeness (QED) is 0.0963. The number of halogens is 4. The van der Waals surface area contributed by atoms with Gasteiger partial charge in [0, 0.05) is 37.3 Å². The van der Waals surface area contributed by atoms with Gasteiger partial charge in [-0.2, -0.15) is 17.6 Å². The fourth-order valence-electron chi connectivity index (χ4n) is 5.99. The number of alkyl halides is 4. The Morgan fingerprint density at radius 2 is 1.52 bits per heavy atom. The Morgan fingerprint density at radius 1 is 0.800 bits per heavy atom. The largest absolute Gasteiger partial charge is 0.494 e. The Balaban J connectivity index is 1.44. The Bertz CT molecular complexity index is 1880. The second-order valence-electron chi connectivity index (χ2n) is 12.0. The molecular formula is C39H39F4N3O4. The second-order valence-corrected chi connectivity index (χ2v) is 12.0. The maximum Gasteiger partial charge on any atom is 0.461 e. The molecule has 0 spiro atoms. The number of hydrogen-bond acceptors (Lipinski definition) is 6. The van der Waals surface area contributed by atoms with Gasteiger partial charge in [0.2, 0.25) is 6.79 Å². The van der Waals surface area contributed by atoms with E-state index in [2.05, 4.69) is 21.1 Å². The summed E-state index contributed by atoms with van der Waals surface area (Å²) in [6.07, 6.45) is -6.69. The van der Waals surface area contributed by atoms with E-state index in [4.69, 9.17) is 19.2 Å². The smallest absolute Gasteiger partial charge is 0.461 e. The zero-order valence-electron chi connectivity index (χ0n) is 28.0. The Labute approximate surface area is 289 Å². The van der Waals surface area contributed by atoms with E-state index in [0.717, 1.165) is 59.0 Å². The predicted octanol–water partition coefficient (Wildman–Crippen LogP) is 9.58. The molecular weight excluding hydrogens is 650 g/mol. The first-order valence-corrected chi connectivity index (χ1v) is 16.7. The molecule has 0 saturated carbocycles. The molecule has 2 heterocycles. The third kappa shape index (κ3) is 8.22. The van der Waals surface area contributed by atoms with Crippen molar-refractivity contribution in [3.05, 3.63) is 114 Å². The molecule has 0 unspecified atom stereocenters. The molecule has 0 saturated heterocycles. The van der Waals surface area contributed by atoms with Gasteiger partial charge >= 0.3 is 12.5 Å². The Morgan fingerprint density at radius 3 is 2.28 bits per heavy atom. The SMILES string of the molecule is CCCCn1c(-c2ccccc2)nc(-c2cccc(OCC)c2)c1CN(Cc1cccc(OC(F)(F)C(F)F)c1)Cc1ccc2c(c1)OCO2. The number of nitrogens with zero attached hydrogens (tertiary/aromatic N) is 3. The predicted molar refractivity (Wildman–Crippen MR) is 183 cm³/mol. The number of benzene rings is 4. The van der Waals surface area contributed by atoms with Gasteiger partial charge in [0.25, 0.3) is 0 Å². The van der Waals surface area contributed by atoms with Crippen LogP contribution in [0.2, 0.25) is 0 Å².